The topological polar surface area (TPSA) is 112 Å². The fraction of sp³-hybridized carbons (Fsp3) is 0.414. The molecular formula is C29H32N8O2. The number of benzene rings is 2. The molecular weight excluding hydrogens is 492 g/mol. The molecule has 4 aromatic rings. The molecule has 0 spiro atoms. The number of likely N-dealkylation sites (tertiary alicyclic amines) is 1. The van der Waals surface area contributed by atoms with Crippen molar-refractivity contribution in [2.75, 3.05) is 44.7 Å². The summed E-state index contributed by atoms with van der Waals surface area (Å²) in [5.41, 5.74) is 1.72. The predicted molar refractivity (Wildman–Crippen MR) is 151 cm³/mol. The zero-order valence-electron chi connectivity index (χ0n) is 22.3. The maximum absolute atomic E-state index is 14.0. The van der Waals surface area contributed by atoms with Crippen LogP contribution < -0.4 is 20.5 Å². The lowest BCUT2D eigenvalue weighted by atomic mass is 10.0. The number of aryl methyl sites for hydroxylation is 1. The number of hydrogen-bond acceptors (Lipinski definition) is 9. The number of likely N-dealkylation sites (N-methyl/N-ethyl adjacent to an activating group) is 1. The first kappa shape index (κ1) is 25.2. The number of aromatic nitrogens is 4. The van der Waals surface area contributed by atoms with Gasteiger partial charge in [-0.2, -0.15) is 25.0 Å². The predicted octanol–water partition coefficient (Wildman–Crippen LogP) is 2.80. The van der Waals surface area contributed by atoms with E-state index in [4.69, 9.17) is 9.72 Å². The smallest absolute Gasteiger partial charge is 0.319 e. The molecule has 2 fully saturated rings. The lowest BCUT2D eigenvalue weighted by Crippen LogP contribution is -2.51. The van der Waals surface area contributed by atoms with Gasteiger partial charge in [0.15, 0.2) is 0 Å². The molecule has 1 N–H and O–H groups in total. The average molecular weight is 525 g/mol. The Hall–Kier alpha value is -4.07. The molecule has 10 heteroatoms. The minimum Gasteiger partial charge on any atom is -0.462 e. The highest BCUT2D eigenvalue weighted by Crippen LogP contribution is 2.28. The van der Waals surface area contributed by atoms with Gasteiger partial charge in [-0.25, -0.2) is 0 Å². The van der Waals surface area contributed by atoms with Crippen molar-refractivity contribution in [3.8, 4) is 17.8 Å². The van der Waals surface area contributed by atoms with E-state index in [1.807, 2.05) is 43.3 Å². The van der Waals surface area contributed by atoms with Crippen molar-refractivity contribution in [1.82, 2.24) is 30.0 Å². The van der Waals surface area contributed by atoms with Crippen LogP contribution in [-0.2, 0) is 0 Å². The first-order chi connectivity index (χ1) is 19.0. The van der Waals surface area contributed by atoms with Gasteiger partial charge in [-0.15, -0.1) is 0 Å². The standard InChI is InChI=1S/C29H32N8O2/c1-19-6-3-7-20-8-4-10-24(25(19)20)37-28(38)26-23(16-32-37)27(36-15-13-31-21(17-36)11-12-30)34-29(33-26)39-18-22-9-5-14-35(22)2/h3-4,6-8,10,16,21-22,31H,5,9,11,13-15,17-18H2,1-2H3/t21?,22-/m0/s1. The number of anilines is 1. The van der Waals surface area contributed by atoms with E-state index in [1.165, 1.54) is 4.68 Å². The summed E-state index contributed by atoms with van der Waals surface area (Å²) in [7, 11) is 2.10. The van der Waals surface area contributed by atoms with Crippen molar-refractivity contribution in [2.45, 2.75) is 38.3 Å². The van der Waals surface area contributed by atoms with Crippen LogP contribution in [0, 0.1) is 18.3 Å². The lowest BCUT2D eigenvalue weighted by molar-refractivity contribution is 0.188. The van der Waals surface area contributed by atoms with Gasteiger partial charge in [-0.1, -0.05) is 30.3 Å². The second-order valence-electron chi connectivity index (χ2n) is 10.5. The Bertz CT molecular complexity index is 1620. The van der Waals surface area contributed by atoms with Gasteiger partial charge in [0.05, 0.1) is 29.8 Å². The van der Waals surface area contributed by atoms with Crippen LogP contribution in [0.4, 0.5) is 5.82 Å². The van der Waals surface area contributed by atoms with Gasteiger partial charge >= 0.3 is 6.01 Å². The monoisotopic (exact) mass is 524 g/mol. The van der Waals surface area contributed by atoms with E-state index in [2.05, 4.69) is 38.3 Å². The maximum atomic E-state index is 14.0. The van der Waals surface area contributed by atoms with Crippen LogP contribution in [0.25, 0.3) is 27.4 Å². The molecule has 2 aromatic heterocycles. The highest BCUT2D eigenvalue weighted by atomic mass is 16.5. The Labute approximate surface area is 226 Å². The highest BCUT2D eigenvalue weighted by molar-refractivity contribution is 5.94. The summed E-state index contributed by atoms with van der Waals surface area (Å²) < 4.78 is 7.57. The van der Waals surface area contributed by atoms with Gasteiger partial charge in [0.1, 0.15) is 17.9 Å². The van der Waals surface area contributed by atoms with Crippen LogP contribution in [0.5, 0.6) is 6.01 Å². The number of piperazine rings is 1. The minimum absolute atomic E-state index is 0.0114. The molecule has 0 radical (unpaired) electrons. The molecule has 2 atom stereocenters. The van der Waals surface area contributed by atoms with Gasteiger partial charge in [0.25, 0.3) is 5.56 Å². The molecule has 6 rings (SSSR count). The number of nitrogens with zero attached hydrogens (tertiary/aromatic N) is 7. The Balaban J connectivity index is 1.48. The number of nitrogens with one attached hydrogen (secondary N) is 1. The normalized spacial score (nSPS) is 20.0. The van der Waals surface area contributed by atoms with Crippen molar-refractivity contribution in [3.63, 3.8) is 0 Å². The number of ether oxygens (including phenoxy) is 1. The summed E-state index contributed by atoms with van der Waals surface area (Å²) in [5.74, 6) is 0.616. The molecule has 2 aliphatic rings. The van der Waals surface area contributed by atoms with E-state index < -0.39 is 0 Å². The highest BCUT2D eigenvalue weighted by Gasteiger charge is 2.26. The van der Waals surface area contributed by atoms with Crippen LogP contribution in [0.3, 0.4) is 0 Å². The first-order valence-corrected chi connectivity index (χ1v) is 13.5. The summed E-state index contributed by atoms with van der Waals surface area (Å²) in [4.78, 5) is 27.8. The van der Waals surface area contributed by atoms with Crippen molar-refractivity contribution < 1.29 is 4.74 Å². The largest absolute Gasteiger partial charge is 0.462 e. The van der Waals surface area contributed by atoms with Gasteiger partial charge in [-0.05, 0) is 50.4 Å². The van der Waals surface area contributed by atoms with Crippen LogP contribution in [0.1, 0.15) is 24.8 Å². The molecule has 0 aliphatic carbocycles. The molecule has 39 heavy (non-hydrogen) atoms. The third kappa shape index (κ3) is 4.80. The molecule has 2 aromatic carbocycles. The second kappa shape index (κ2) is 10.6. The van der Waals surface area contributed by atoms with E-state index in [9.17, 15) is 10.1 Å². The zero-order chi connectivity index (χ0) is 26.9. The quantitative estimate of drug-likeness (QED) is 0.407. The van der Waals surface area contributed by atoms with E-state index in [-0.39, 0.29) is 23.1 Å². The Morgan fingerprint density at radius 1 is 1.18 bits per heavy atom. The van der Waals surface area contributed by atoms with Crippen molar-refractivity contribution in [3.05, 3.63) is 58.5 Å². The van der Waals surface area contributed by atoms with E-state index in [0.29, 0.717) is 55.6 Å². The Kier molecular flexibility index (Phi) is 6.85. The van der Waals surface area contributed by atoms with E-state index in [1.54, 1.807) is 6.20 Å². The number of rotatable bonds is 6. The summed E-state index contributed by atoms with van der Waals surface area (Å²) >= 11 is 0. The van der Waals surface area contributed by atoms with E-state index in [0.717, 1.165) is 35.7 Å². The fourth-order valence-electron chi connectivity index (χ4n) is 5.77. The van der Waals surface area contributed by atoms with Crippen molar-refractivity contribution in [2.24, 2.45) is 0 Å². The summed E-state index contributed by atoms with van der Waals surface area (Å²) in [5, 5.41) is 19.8. The number of hydrogen-bond donors (Lipinski definition) is 1. The third-order valence-electron chi connectivity index (χ3n) is 7.89. The molecule has 10 nitrogen and oxygen atoms in total. The van der Waals surface area contributed by atoms with Crippen molar-refractivity contribution >= 4 is 27.5 Å². The molecule has 0 amide bonds. The molecule has 2 aliphatic heterocycles. The van der Waals surface area contributed by atoms with Crippen LogP contribution >= 0.6 is 0 Å². The number of nitriles is 1. The van der Waals surface area contributed by atoms with Gasteiger partial charge in [-0.3, -0.25) is 4.79 Å². The lowest BCUT2D eigenvalue weighted by Gasteiger charge is -2.34. The SMILES string of the molecule is Cc1cccc2cccc(-n3ncc4c(N5CCNC(CC#N)C5)nc(OC[C@@H]5CCCN5C)nc4c3=O)c12. The van der Waals surface area contributed by atoms with Crippen LogP contribution in [0.2, 0.25) is 0 Å². The van der Waals surface area contributed by atoms with Crippen molar-refractivity contribution in [1.29, 1.82) is 5.26 Å². The summed E-state index contributed by atoms with van der Waals surface area (Å²) in [6.07, 6.45) is 4.26. The van der Waals surface area contributed by atoms with Crippen LogP contribution in [-0.4, -0.2) is 76.6 Å². The Morgan fingerprint density at radius 2 is 2.03 bits per heavy atom. The summed E-state index contributed by atoms with van der Waals surface area (Å²) in [6.45, 7) is 5.52. The molecule has 1 unspecified atom stereocenters. The van der Waals surface area contributed by atoms with Gasteiger partial charge in [0, 0.05) is 37.1 Å². The molecule has 0 bridgehead atoms. The van der Waals surface area contributed by atoms with E-state index >= 15 is 0 Å². The first-order valence-electron chi connectivity index (χ1n) is 13.5. The maximum Gasteiger partial charge on any atom is 0.319 e. The second-order valence-corrected chi connectivity index (χ2v) is 10.5. The van der Waals surface area contributed by atoms with Gasteiger partial charge < -0.3 is 19.9 Å². The molecule has 2 saturated heterocycles. The Morgan fingerprint density at radius 3 is 2.82 bits per heavy atom. The summed E-state index contributed by atoms with van der Waals surface area (Å²) in [6, 6.07) is 14.7. The molecule has 0 saturated carbocycles. The zero-order valence-corrected chi connectivity index (χ0v) is 22.3. The third-order valence-corrected chi connectivity index (χ3v) is 7.89. The average Bonchev–Trinajstić information content (AvgIpc) is 3.36. The fourth-order valence-corrected chi connectivity index (χ4v) is 5.77. The van der Waals surface area contributed by atoms with Crippen LogP contribution in [0.15, 0.2) is 47.4 Å². The minimum atomic E-state index is -0.321. The molecule has 200 valence electrons. The van der Waals surface area contributed by atoms with Gasteiger partial charge in [0.2, 0.25) is 0 Å². The molecule has 4 heterocycles. The number of fused-ring (bicyclic) bond motifs is 2.